The van der Waals surface area contributed by atoms with Crippen LogP contribution in [0.1, 0.15) is 34.0 Å². The number of nitrogens with two attached hydrogens (primary N) is 1. The van der Waals surface area contributed by atoms with E-state index in [1.165, 1.54) is 29.9 Å². The summed E-state index contributed by atoms with van der Waals surface area (Å²) < 4.78 is 16.1. The monoisotopic (exact) mass is 423 g/mol. The first-order valence-electron chi connectivity index (χ1n) is 9.69. The van der Waals surface area contributed by atoms with Gasteiger partial charge in [-0.15, -0.1) is 0 Å². The van der Waals surface area contributed by atoms with E-state index in [0.29, 0.717) is 34.5 Å². The van der Waals surface area contributed by atoms with Crippen molar-refractivity contribution in [3.63, 3.8) is 0 Å². The quantitative estimate of drug-likeness (QED) is 0.506. The lowest BCUT2D eigenvalue weighted by molar-refractivity contribution is 0.0958. The van der Waals surface area contributed by atoms with Crippen LogP contribution in [-0.2, 0) is 13.0 Å². The minimum atomic E-state index is -0.374. The summed E-state index contributed by atoms with van der Waals surface area (Å²) in [6.45, 7) is 2.07. The zero-order chi connectivity index (χ0) is 22.8. The molecular formula is C23H26FN5O2. The molecule has 0 spiro atoms. The van der Waals surface area contributed by atoms with Crippen molar-refractivity contribution in [2.45, 2.75) is 19.9 Å². The smallest absolute Gasteiger partial charge is 0.253 e. The number of nitrogens with one attached hydrogen (secondary N) is 2. The first kappa shape index (κ1) is 23.6. The van der Waals surface area contributed by atoms with Gasteiger partial charge in [0.25, 0.3) is 11.5 Å². The van der Waals surface area contributed by atoms with Crippen LogP contribution in [-0.4, -0.2) is 34.8 Å². The summed E-state index contributed by atoms with van der Waals surface area (Å²) in [7, 11) is 1.50. The Hall–Kier alpha value is -3.65. The van der Waals surface area contributed by atoms with Crippen molar-refractivity contribution in [1.82, 2.24) is 14.9 Å². The first-order chi connectivity index (χ1) is 14.9. The summed E-state index contributed by atoms with van der Waals surface area (Å²) >= 11 is 0. The number of pyridine rings is 2. The van der Waals surface area contributed by atoms with Gasteiger partial charge in [0.1, 0.15) is 5.82 Å². The van der Waals surface area contributed by atoms with Gasteiger partial charge >= 0.3 is 0 Å². The number of halogens is 1. The van der Waals surface area contributed by atoms with Crippen LogP contribution < -0.4 is 16.6 Å². The highest BCUT2D eigenvalue weighted by Gasteiger charge is 2.10. The fourth-order valence-electron chi connectivity index (χ4n) is 2.86. The van der Waals surface area contributed by atoms with Gasteiger partial charge in [0.15, 0.2) is 0 Å². The maximum absolute atomic E-state index is 14.6. The van der Waals surface area contributed by atoms with Gasteiger partial charge in [-0.25, -0.2) is 4.39 Å². The van der Waals surface area contributed by atoms with E-state index < -0.39 is 0 Å². The predicted octanol–water partition coefficient (Wildman–Crippen LogP) is 2.37. The molecule has 0 saturated carbocycles. The van der Waals surface area contributed by atoms with E-state index in [1.54, 1.807) is 49.6 Å². The van der Waals surface area contributed by atoms with Crippen molar-refractivity contribution < 1.29 is 9.18 Å². The number of nitrogens with zero attached hydrogens (tertiary/aromatic N) is 2. The molecule has 0 unspecified atom stereocenters. The number of carbonyl (C=O) groups excluding carboxylic acids is 1. The van der Waals surface area contributed by atoms with Gasteiger partial charge in [0, 0.05) is 36.8 Å². The lowest BCUT2D eigenvalue weighted by atomic mass is 10.0. The molecule has 2 aromatic heterocycles. The molecule has 3 rings (SSSR count). The molecule has 0 aliphatic heterocycles. The highest BCUT2D eigenvalue weighted by atomic mass is 19.1. The molecule has 0 aliphatic carbocycles. The van der Waals surface area contributed by atoms with Crippen molar-refractivity contribution in [3.8, 4) is 0 Å². The van der Waals surface area contributed by atoms with Gasteiger partial charge in [0.05, 0.1) is 18.7 Å². The maximum Gasteiger partial charge on any atom is 0.253 e. The summed E-state index contributed by atoms with van der Waals surface area (Å²) in [5, 5.41) is 10.0. The largest absolute Gasteiger partial charge is 0.347 e. The third-order valence-corrected chi connectivity index (χ3v) is 4.34. The normalized spacial score (nSPS) is 10.1. The molecule has 4 N–H and O–H groups in total. The second kappa shape index (κ2) is 11.5. The molecule has 0 fully saturated rings. The lowest BCUT2D eigenvalue weighted by Gasteiger charge is -2.09. The molecule has 1 amide bonds. The Balaban J connectivity index is 0.00000166. The average Bonchev–Trinajstić information content (AvgIpc) is 2.77. The zero-order valence-electron chi connectivity index (χ0n) is 17.6. The fourth-order valence-corrected chi connectivity index (χ4v) is 2.86. The summed E-state index contributed by atoms with van der Waals surface area (Å²) in [6.07, 6.45) is 4.98. The summed E-state index contributed by atoms with van der Waals surface area (Å²) in [4.78, 5) is 28.0. The summed E-state index contributed by atoms with van der Waals surface area (Å²) in [5.41, 5.74) is 6.94. The molecule has 31 heavy (non-hydrogen) atoms. The van der Waals surface area contributed by atoms with Crippen molar-refractivity contribution in [1.29, 1.82) is 5.41 Å². The molecule has 3 aromatic rings. The SMILES string of the molecule is CC(=N)CNC(=O)c1cncc(Cc2ccc(Cn3ccccc3=O)cc2F)c1.CN. The molecule has 0 atom stereocenters. The Morgan fingerprint density at radius 3 is 2.61 bits per heavy atom. The molecule has 7 nitrogen and oxygen atoms in total. The van der Waals surface area contributed by atoms with Gasteiger partial charge in [0.2, 0.25) is 0 Å². The Bertz CT molecular complexity index is 1110. The molecule has 0 radical (unpaired) electrons. The van der Waals surface area contributed by atoms with E-state index in [0.717, 1.165) is 0 Å². The van der Waals surface area contributed by atoms with E-state index in [9.17, 15) is 14.0 Å². The molecule has 0 aliphatic rings. The zero-order valence-corrected chi connectivity index (χ0v) is 17.6. The van der Waals surface area contributed by atoms with Gasteiger partial charge in [-0.05, 0) is 48.9 Å². The number of rotatable bonds is 7. The van der Waals surface area contributed by atoms with Crippen LogP contribution in [0.3, 0.4) is 0 Å². The number of carbonyl (C=O) groups is 1. The Morgan fingerprint density at radius 1 is 1.16 bits per heavy atom. The average molecular weight is 423 g/mol. The van der Waals surface area contributed by atoms with Gasteiger partial charge in [-0.1, -0.05) is 18.2 Å². The van der Waals surface area contributed by atoms with Crippen LogP contribution >= 0.6 is 0 Å². The Morgan fingerprint density at radius 2 is 1.94 bits per heavy atom. The lowest BCUT2D eigenvalue weighted by Crippen LogP contribution is -2.28. The Labute approximate surface area is 180 Å². The molecule has 8 heteroatoms. The molecular weight excluding hydrogens is 397 g/mol. The molecule has 0 saturated heterocycles. The van der Waals surface area contributed by atoms with Crippen molar-refractivity contribution in [3.05, 3.63) is 99.5 Å². The Kier molecular flexibility index (Phi) is 8.78. The number of aromatic nitrogens is 2. The third kappa shape index (κ3) is 6.97. The van der Waals surface area contributed by atoms with Crippen LogP contribution in [0.25, 0.3) is 0 Å². The van der Waals surface area contributed by atoms with Gasteiger partial charge in [-0.2, -0.15) is 0 Å². The van der Waals surface area contributed by atoms with Gasteiger partial charge in [-0.3, -0.25) is 14.6 Å². The first-order valence-corrected chi connectivity index (χ1v) is 9.69. The van der Waals surface area contributed by atoms with Gasteiger partial charge < -0.3 is 21.0 Å². The highest BCUT2D eigenvalue weighted by molar-refractivity contribution is 5.96. The maximum atomic E-state index is 14.6. The third-order valence-electron chi connectivity index (χ3n) is 4.34. The number of hydrogen-bond donors (Lipinski definition) is 3. The van der Waals surface area contributed by atoms with Crippen molar-refractivity contribution >= 4 is 11.6 Å². The fraction of sp³-hybridized carbons (Fsp3) is 0.217. The van der Waals surface area contributed by atoms with E-state index in [1.807, 2.05) is 0 Å². The van der Waals surface area contributed by atoms with E-state index in [4.69, 9.17) is 5.41 Å². The van der Waals surface area contributed by atoms with Crippen LogP contribution in [0.4, 0.5) is 4.39 Å². The van der Waals surface area contributed by atoms with E-state index >= 15 is 0 Å². The predicted molar refractivity (Wildman–Crippen MR) is 119 cm³/mol. The minimum Gasteiger partial charge on any atom is -0.347 e. The summed E-state index contributed by atoms with van der Waals surface area (Å²) in [6, 6.07) is 11.4. The minimum absolute atomic E-state index is 0.142. The van der Waals surface area contributed by atoms with Crippen molar-refractivity contribution in [2.24, 2.45) is 5.73 Å². The van der Waals surface area contributed by atoms with Crippen molar-refractivity contribution in [2.75, 3.05) is 13.6 Å². The molecule has 1 aromatic carbocycles. The van der Waals surface area contributed by atoms with Crippen LogP contribution in [0.5, 0.6) is 0 Å². The number of amides is 1. The van der Waals surface area contributed by atoms with E-state index in [-0.39, 0.29) is 30.2 Å². The van der Waals surface area contributed by atoms with E-state index in [2.05, 4.69) is 16.0 Å². The summed E-state index contributed by atoms with van der Waals surface area (Å²) in [5.74, 6) is -0.698. The van der Waals surface area contributed by atoms with Crippen LogP contribution in [0, 0.1) is 11.2 Å². The second-order valence-corrected chi connectivity index (χ2v) is 6.81. The topological polar surface area (TPSA) is 114 Å². The molecule has 2 heterocycles. The standard InChI is InChI=1S/C22H21FN4O2.CH5N/c1-15(24)11-26-22(29)19-9-17(12-25-13-19)8-18-6-5-16(10-20(18)23)14-27-7-3-2-4-21(27)28;1-2/h2-7,9-10,12-13,24H,8,11,14H2,1H3,(H,26,29);2H2,1H3. The molecule has 0 bridgehead atoms. The number of hydrogen-bond acceptors (Lipinski definition) is 5. The van der Waals surface area contributed by atoms with Crippen LogP contribution in [0.15, 0.2) is 65.8 Å². The second-order valence-electron chi connectivity index (χ2n) is 6.81. The molecule has 162 valence electrons. The van der Waals surface area contributed by atoms with Crippen LogP contribution in [0.2, 0.25) is 0 Å². The highest BCUT2D eigenvalue weighted by Crippen LogP contribution is 2.16. The number of benzene rings is 1.